The Morgan fingerprint density at radius 1 is 0.967 bits per heavy atom. The number of carbonyl (C=O) groups excluding carboxylic acids is 1. The molecule has 162 valence electrons. The van der Waals surface area contributed by atoms with Crippen LogP contribution >= 0.6 is 0 Å². The average molecular weight is 415 g/mol. The van der Waals surface area contributed by atoms with Crippen molar-refractivity contribution in [3.8, 4) is 0 Å². The van der Waals surface area contributed by atoms with Crippen molar-refractivity contribution in [2.75, 3.05) is 19.6 Å². The number of halogens is 2. The molecule has 3 nitrogen and oxygen atoms in total. The van der Waals surface area contributed by atoms with E-state index >= 15 is 0 Å². The molecule has 3 rings (SSSR count). The molecule has 0 aliphatic carbocycles. The van der Waals surface area contributed by atoms with E-state index in [9.17, 15) is 13.6 Å². The summed E-state index contributed by atoms with van der Waals surface area (Å²) in [6, 6.07) is 12.2. The summed E-state index contributed by atoms with van der Waals surface area (Å²) < 4.78 is 27.0. The molecule has 2 aromatic rings. The molecule has 1 aliphatic rings. The van der Waals surface area contributed by atoms with Crippen LogP contribution < -0.4 is 5.32 Å². The van der Waals surface area contributed by atoms with Crippen LogP contribution in [0.1, 0.15) is 51.2 Å². The Balaban J connectivity index is 1.86. The first-order valence-corrected chi connectivity index (χ1v) is 10.8. The highest BCUT2D eigenvalue weighted by atomic mass is 19.1. The minimum atomic E-state index is -1.05. The molecular formula is C25H32F2N2O. The lowest BCUT2D eigenvalue weighted by molar-refractivity contribution is -0.125. The summed E-state index contributed by atoms with van der Waals surface area (Å²) in [5.74, 6) is -0.333. The van der Waals surface area contributed by atoms with Gasteiger partial charge >= 0.3 is 0 Å². The average Bonchev–Trinajstić information content (AvgIpc) is 3.26. The van der Waals surface area contributed by atoms with Gasteiger partial charge in [-0.05, 0) is 80.6 Å². The molecule has 1 atom stereocenters. The molecule has 1 N–H and O–H groups in total. The molecule has 1 fully saturated rings. The van der Waals surface area contributed by atoms with Gasteiger partial charge in [0.2, 0.25) is 5.91 Å². The van der Waals surface area contributed by atoms with Crippen molar-refractivity contribution in [2.45, 2.75) is 51.5 Å². The number of nitrogens with zero attached hydrogens (tertiary/aromatic N) is 1. The summed E-state index contributed by atoms with van der Waals surface area (Å²) >= 11 is 0. The SMILES string of the molecule is CC(C)CC(CNC(=O)C(C)(c1ccc(F)cc1)c1ccc(F)cc1)N1CCCC1. The van der Waals surface area contributed by atoms with Crippen molar-refractivity contribution in [3.63, 3.8) is 0 Å². The summed E-state index contributed by atoms with van der Waals surface area (Å²) in [6.45, 7) is 8.92. The Labute approximate surface area is 178 Å². The smallest absolute Gasteiger partial charge is 0.234 e. The number of likely N-dealkylation sites (tertiary alicyclic amines) is 1. The first kappa shape index (κ1) is 22.4. The second-order valence-corrected chi connectivity index (χ2v) is 8.88. The number of carbonyl (C=O) groups is 1. The number of benzene rings is 2. The van der Waals surface area contributed by atoms with Gasteiger partial charge in [-0.3, -0.25) is 9.69 Å². The van der Waals surface area contributed by atoms with E-state index < -0.39 is 5.41 Å². The van der Waals surface area contributed by atoms with Gasteiger partial charge < -0.3 is 5.32 Å². The zero-order chi connectivity index (χ0) is 21.7. The van der Waals surface area contributed by atoms with Crippen LogP contribution in [0.3, 0.4) is 0 Å². The Morgan fingerprint density at radius 2 is 1.43 bits per heavy atom. The zero-order valence-corrected chi connectivity index (χ0v) is 18.1. The van der Waals surface area contributed by atoms with Crippen LogP contribution in [-0.4, -0.2) is 36.5 Å². The lowest BCUT2D eigenvalue weighted by Gasteiger charge is -2.33. The van der Waals surface area contributed by atoms with Crippen LogP contribution in [0.4, 0.5) is 8.78 Å². The van der Waals surface area contributed by atoms with Crippen molar-refractivity contribution < 1.29 is 13.6 Å². The van der Waals surface area contributed by atoms with Crippen molar-refractivity contribution in [3.05, 3.63) is 71.3 Å². The number of rotatable bonds is 8. The lowest BCUT2D eigenvalue weighted by atomic mass is 9.75. The molecule has 1 unspecified atom stereocenters. The molecular weight excluding hydrogens is 382 g/mol. The van der Waals surface area contributed by atoms with E-state index in [0.717, 1.165) is 19.5 Å². The largest absolute Gasteiger partial charge is 0.353 e. The highest BCUT2D eigenvalue weighted by Crippen LogP contribution is 2.33. The molecule has 0 radical (unpaired) electrons. The van der Waals surface area contributed by atoms with E-state index in [0.29, 0.717) is 29.6 Å². The summed E-state index contributed by atoms with van der Waals surface area (Å²) in [5.41, 5.74) is 0.304. The zero-order valence-electron chi connectivity index (χ0n) is 18.1. The molecule has 1 amide bonds. The molecule has 2 aromatic carbocycles. The van der Waals surface area contributed by atoms with Gasteiger partial charge in [0.25, 0.3) is 0 Å². The monoisotopic (exact) mass is 414 g/mol. The van der Waals surface area contributed by atoms with Gasteiger partial charge in [-0.25, -0.2) is 8.78 Å². The fourth-order valence-corrected chi connectivity index (χ4v) is 4.39. The van der Waals surface area contributed by atoms with E-state index in [-0.39, 0.29) is 17.5 Å². The Bertz CT molecular complexity index is 782. The van der Waals surface area contributed by atoms with Crippen molar-refractivity contribution >= 4 is 5.91 Å². The normalized spacial score (nSPS) is 16.1. The Hall–Kier alpha value is -2.27. The third-order valence-electron chi connectivity index (χ3n) is 6.20. The highest BCUT2D eigenvalue weighted by molar-refractivity contribution is 5.91. The molecule has 5 heteroatoms. The Kier molecular flexibility index (Phi) is 7.24. The van der Waals surface area contributed by atoms with Gasteiger partial charge in [0.05, 0.1) is 5.41 Å². The predicted octanol–water partition coefficient (Wildman–Crippen LogP) is 4.90. The molecule has 0 saturated carbocycles. The van der Waals surface area contributed by atoms with Crippen LogP contribution in [0.2, 0.25) is 0 Å². The highest BCUT2D eigenvalue weighted by Gasteiger charge is 2.38. The van der Waals surface area contributed by atoms with Gasteiger partial charge in [-0.1, -0.05) is 38.1 Å². The second-order valence-electron chi connectivity index (χ2n) is 8.88. The molecule has 0 aromatic heterocycles. The topological polar surface area (TPSA) is 32.3 Å². The number of hydrogen-bond donors (Lipinski definition) is 1. The molecule has 30 heavy (non-hydrogen) atoms. The summed E-state index contributed by atoms with van der Waals surface area (Å²) in [5, 5.41) is 3.16. The summed E-state index contributed by atoms with van der Waals surface area (Å²) in [4.78, 5) is 16.0. The maximum absolute atomic E-state index is 13.5. The van der Waals surface area contributed by atoms with Crippen LogP contribution in [0.15, 0.2) is 48.5 Å². The first-order valence-electron chi connectivity index (χ1n) is 10.8. The third kappa shape index (κ3) is 5.07. The van der Waals surface area contributed by atoms with Crippen molar-refractivity contribution in [1.82, 2.24) is 10.2 Å². The minimum absolute atomic E-state index is 0.159. The van der Waals surface area contributed by atoms with Crippen LogP contribution in [0.5, 0.6) is 0 Å². The van der Waals surface area contributed by atoms with E-state index in [2.05, 4.69) is 24.1 Å². The van der Waals surface area contributed by atoms with E-state index in [1.807, 2.05) is 6.92 Å². The van der Waals surface area contributed by atoms with E-state index in [1.165, 1.54) is 37.1 Å². The predicted molar refractivity (Wildman–Crippen MR) is 116 cm³/mol. The van der Waals surface area contributed by atoms with E-state index in [4.69, 9.17) is 0 Å². The fourth-order valence-electron chi connectivity index (χ4n) is 4.39. The molecule has 1 aliphatic heterocycles. The van der Waals surface area contributed by atoms with Gasteiger partial charge in [0.15, 0.2) is 0 Å². The molecule has 1 heterocycles. The van der Waals surface area contributed by atoms with Crippen LogP contribution in [0, 0.1) is 17.6 Å². The number of amides is 1. The first-order chi connectivity index (χ1) is 14.3. The van der Waals surface area contributed by atoms with Crippen LogP contribution in [-0.2, 0) is 10.2 Å². The Morgan fingerprint density at radius 3 is 1.87 bits per heavy atom. The van der Waals surface area contributed by atoms with Gasteiger partial charge in [-0.2, -0.15) is 0 Å². The second kappa shape index (κ2) is 9.69. The minimum Gasteiger partial charge on any atom is -0.353 e. The molecule has 0 bridgehead atoms. The molecule has 0 spiro atoms. The number of nitrogens with one attached hydrogen (secondary N) is 1. The quantitative estimate of drug-likeness (QED) is 0.667. The fraction of sp³-hybridized carbons (Fsp3) is 0.480. The van der Waals surface area contributed by atoms with Gasteiger partial charge in [-0.15, -0.1) is 0 Å². The maximum atomic E-state index is 13.5. The maximum Gasteiger partial charge on any atom is 0.234 e. The number of hydrogen-bond acceptors (Lipinski definition) is 2. The summed E-state index contributed by atoms with van der Waals surface area (Å²) in [6.07, 6.45) is 3.42. The summed E-state index contributed by atoms with van der Waals surface area (Å²) in [7, 11) is 0. The third-order valence-corrected chi connectivity index (χ3v) is 6.20. The van der Waals surface area contributed by atoms with Crippen molar-refractivity contribution in [2.24, 2.45) is 5.92 Å². The van der Waals surface area contributed by atoms with Gasteiger partial charge in [0, 0.05) is 12.6 Å². The van der Waals surface area contributed by atoms with Crippen molar-refractivity contribution in [1.29, 1.82) is 0 Å². The van der Waals surface area contributed by atoms with Gasteiger partial charge in [0.1, 0.15) is 11.6 Å². The standard InChI is InChI=1S/C25H32F2N2O/c1-18(2)16-23(29-14-4-5-15-29)17-28-24(30)25(3,19-6-10-21(26)11-7-19)20-8-12-22(27)13-9-20/h6-13,18,23H,4-5,14-17H2,1-3H3,(H,28,30). The van der Waals surface area contributed by atoms with Crippen LogP contribution in [0.25, 0.3) is 0 Å². The molecule has 1 saturated heterocycles. The van der Waals surface area contributed by atoms with E-state index in [1.54, 1.807) is 24.3 Å². The lowest BCUT2D eigenvalue weighted by Crippen LogP contribution is -2.49.